The highest BCUT2D eigenvalue weighted by Gasteiger charge is 2.23. The molecular weight excluding hydrogens is 358 g/mol. The van der Waals surface area contributed by atoms with E-state index in [4.69, 9.17) is 12.2 Å². The number of hydrogen-bond donors (Lipinski definition) is 1. The van der Waals surface area contributed by atoms with Crippen molar-refractivity contribution in [2.75, 3.05) is 11.9 Å². The van der Waals surface area contributed by atoms with E-state index in [1.807, 2.05) is 30.3 Å². The predicted octanol–water partition coefficient (Wildman–Crippen LogP) is 3.85. The first kappa shape index (κ1) is 17.1. The van der Waals surface area contributed by atoms with Crippen molar-refractivity contribution in [2.24, 2.45) is 0 Å². The normalized spacial score (nSPS) is 15.3. The zero-order valence-electron chi connectivity index (χ0n) is 13.1. The SMILES string of the molecule is CN(c1ccccc1)c1ccc(/C=C2\SC(=S)NC2=O)cc1[N+](=O)[O-]. The summed E-state index contributed by atoms with van der Waals surface area (Å²) in [5, 5.41) is 14.0. The molecule has 3 rings (SSSR count). The largest absolute Gasteiger partial charge is 0.339 e. The molecule has 1 saturated heterocycles. The molecule has 2 aromatic rings. The lowest BCUT2D eigenvalue weighted by Crippen LogP contribution is -2.17. The van der Waals surface area contributed by atoms with Crippen LogP contribution in [-0.4, -0.2) is 22.2 Å². The Bertz CT molecular complexity index is 897. The fourth-order valence-corrected chi connectivity index (χ4v) is 3.47. The Kier molecular flexibility index (Phi) is 4.82. The maximum atomic E-state index is 11.7. The summed E-state index contributed by atoms with van der Waals surface area (Å²) in [4.78, 5) is 25.0. The van der Waals surface area contributed by atoms with Gasteiger partial charge in [0.05, 0.1) is 9.83 Å². The lowest BCUT2D eigenvalue weighted by molar-refractivity contribution is -0.384. The van der Waals surface area contributed by atoms with Gasteiger partial charge in [0.25, 0.3) is 11.6 Å². The molecule has 1 heterocycles. The number of amides is 1. The molecule has 126 valence electrons. The number of thiocarbonyl (C=S) groups is 1. The van der Waals surface area contributed by atoms with Crippen LogP contribution < -0.4 is 10.2 Å². The first-order valence-corrected chi connectivity index (χ1v) is 8.50. The second-order valence-corrected chi connectivity index (χ2v) is 6.97. The van der Waals surface area contributed by atoms with E-state index in [1.165, 1.54) is 6.07 Å². The molecule has 2 aromatic carbocycles. The Hall–Kier alpha value is -2.71. The van der Waals surface area contributed by atoms with Gasteiger partial charge < -0.3 is 10.2 Å². The number of nitro groups is 1. The van der Waals surface area contributed by atoms with Crippen LogP contribution in [0.1, 0.15) is 5.56 Å². The van der Waals surface area contributed by atoms with E-state index in [1.54, 1.807) is 30.2 Å². The van der Waals surface area contributed by atoms with E-state index in [0.29, 0.717) is 20.5 Å². The van der Waals surface area contributed by atoms with Crippen molar-refractivity contribution in [3.05, 3.63) is 69.1 Å². The minimum atomic E-state index is -0.427. The number of thioether (sulfide) groups is 1. The molecule has 1 aliphatic rings. The smallest absolute Gasteiger partial charge is 0.293 e. The third-order valence-electron chi connectivity index (χ3n) is 3.64. The number of nitrogens with one attached hydrogen (secondary N) is 1. The van der Waals surface area contributed by atoms with Gasteiger partial charge in [-0.05, 0) is 29.8 Å². The van der Waals surface area contributed by atoms with Crippen molar-refractivity contribution in [2.45, 2.75) is 0 Å². The number of nitrogens with zero attached hydrogens (tertiary/aromatic N) is 2. The Balaban J connectivity index is 1.99. The Morgan fingerprint density at radius 3 is 2.56 bits per heavy atom. The van der Waals surface area contributed by atoms with Crippen molar-refractivity contribution >= 4 is 57.3 Å². The van der Waals surface area contributed by atoms with Crippen molar-refractivity contribution in [1.82, 2.24) is 5.32 Å². The molecular formula is C17H13N3O3S2. The van der Waals surface area contributed by atoms with Gasteiger partial charge in [-0.15, -0.1) is 0 Å². The highest BCUT2D eigenvalue weighted by atomic mass is 32.2. The molecule has 1 amide bonds. The van der Waals surface area contributed by atoms with Crippen LogP contribution in [0.2, 0.25) is 0 Å². The molecule has 1 aliphatic heterocycles. The predicted molar refractivity (Wildman–Crippen MR) is 104 cm³/mol. The van der Waals surface area contributed by atoms with Crippen LogP contribution in [0.15, 0.2) is 53.4 Å². The summed E-state index contributed by atoms with van der Waals surface area (Å²) in [6.07, 6.45) is 1.60. The number of benzene rings is 2. The van der Waals surface area contributed by atoms with Crippen LogP contribution in [0, 0.1) is 10.1 Å². The Morgan fingerprint density at radius 2 is 1.96 bits per heavy atom. The number of nitro benzene ring substituents is 1. The van der Waals surface area contributed by atoms with Crippen LogP contribution in [-0.2, 0) is 4.79 Å². The van der Waals surface area contributed by atoms with Crippen LogP contribution in [0.3, 0.4) is 0 Å². The monoisotopic (exact) mass is 371 g/mol. The van der Waals surface area contributed by atoms with Gasteiger partial charge in [-0.1, -0.05) is 48.2 Å². The van der Waals surface area contributed by atoms with E-state index < -0.39 is 4.92 Å². The summed E-state index contributed by atoms with van der Waals surface area (Å²) in [6.45, 7) is 0. The quantitative estimate of drug-likeness (QED) is 0.381. The van der Waals surface area contributed by atoms with E-state index >= 15 is 0 Å². The van der Waals surface area contributed by atoms with Gasteiger partial charge in [0.2, 0.25) is 0 Å². The van der Waals surface area contributed by atoms with Crippen molar-refractivity contribution in [3.8, 4) is 0 Å². The zero-order valence-corrected chi connectivity index (χ0v) is 14.8. The Morgan fingerprint density at radius 1 is 1.24 bits per heavy atom. The van der Waals surface area contributed by atoms with E-state index in [-0.39, 0.29) is 11.6 Å². The number of para-hydroxylation sites is 1. The summed E-state index contributed by atoms with van der Waals surface area (Å²) < 4.78 is 0.381. The Labute approximate surface area is 153 Å². The molecule has 25 heavy (non-hydrogen) atoms. The van der Waals surface area contributed by atoms with Gasteiger partial charge in [0.1, 0.15) is 10.0 Å². The molecule has 0 atom stereocenters. The molecule has 0 aliphatic carbocycles. The number of carbonyl (C=O) groups is 1. The standard InChI is InChI=1S/C17H13N3O3S2/c1-19(12-5-3-2-4-6-12)13-8-7-11(9-14(13)20(22)23)10-15-16(21)18-17(24)25-15/h2-10H,1H3,(H,18,21,24)/b15-10-. The van der Waals surface area contributed by atoms with Gasteiger partial charge in [-0.2, -0.15) is 0 Å². The third-order valence-corrected chi connectivity index (χ3v) is 4.80. The highest BCUT2D eigenvalue weighted by Crippen LogP contribution is 2.34. The molecule has 0 unspecified atom stereocenters. The van der Waals surface area contributed by atoms with Gasteiger partial charge in [-0.3, -0.25) is 14.9 Å². The summed E-state index contributed by atoms with van der Waals surface area (Å²) in [6, 6.07) is 14.2. The molecule has 0 saturated carbocycles. The number of rotatable bonds is 4. The number of anilines is 2. The van der Waals surface area contributed by atoms with Gasteiger partial charge in [0, 0.05) is 18.8 Å². The summed E-state index contributed by atoms with van der Waals surface area (Å²) >= 11 is 6.08. The summed E-state index contributed by atoms with van der Waals surface area (Å²) in [7, 11) is 1.77. The lowest BCUT2D eigenvalue weighted by Gasteiger charge is -2.19. The molecule has 0 aromatic heterocycles. The maximum absolute atomic E-state index is 11.7. The van der Waals surface area contributed by atoms with E-state index in [2.05, 4.69) is 5.32 Å². The summed E-state index contributed by atoms with van der Waals surface area (Å²) in [5.41, 5.74) is 1.84. The molecule has 1 fully saturated rings. The molecule has 6 nitrogen and oxygen atoms in total. The first-order chi connectivity index (χ1) is 12.0. The average molecular weight is 371 g/mol. The van der Waals surface area contributed by atoms with E-state index in [0.717, 1.165) is 17.4 Å². The fourth-order valence-electron chi connectivity index (χ4n) is 2.42. The minimum Gasteiger partial charge on any atom is -0.339 e. The molecule has 0 radical (unpaired) electrons. The lowest BCUT2D eigenvalue weighted by atomic mass is 10.1. The van der Waals surface area contributed by atoms with Crippen molar-refractivity contribution < 1.29 is 9.72 Å². The second-order valence-electron chi connectivity index (χ2n) is 5.25. The van der Waals surface area contributed by atoms with Crippen LogP contribution in [0.25, 0.3) is 6.08 Å². The van der Waals surface area contributed by atoms with Crippen LogP contribution in [0.5, 0.6) is 0 Å². The second kappa shape index (κ2) is 7.04. The van der Waals surface area contributed by atoms with Crippen molar-refractivity contribution in [3.63, 3.8) is 0 Å². The number of hydrogen-bond acceptors (Lipinski definition) is 6. The highest BCUT2D eigenvalue weighted by molar-refractivity contribution is 8.26. The maximum Gasteiger partial charge on any atom is 0.293 e. The van der Waals surface area contributed by atoms with Crippen molar-refractivity contribution in [1.29, 1.82) is 0 Å². The van der Waals surface area contributed by atoms with Gasteiger partial charge in [-0.25, -0.2) is 0 Å². The third kappa shape index (κ3) is 3.70. The molecule has 1 N–H and O–H groups in total. The molecule has 0 bridgehead atoms. The molecule has 8 heteroatoms. The van der Waals surface area contributed by atoms with Gasteiger partial charge in [0.15, 0.2) is 0 Å². The zero-order chi connectivity index (χ0) is 18.0. The molecule has 0 spiro atoms. The first-order valence-electron chi connectivity index (χ1n) is 7.28. The number of carbonyl (C=O) groups excluding carboxylic acids is 1. The topological polar surface area (TPSA) is 75.5 Å². The fraction of sp³-hybridized carbons (Fsp3) is 0.0588. The van der Waals surface area contributed by atoms with E-state index in [9.17, 15) is 14.9 Å². The minimum absolute atomic E-state index is 0.0355. The van der Waals surface area contributed by atoms with Gasteiger partial charge >= 0.3 is 0 Å². The van der Waals surface area contributed by atoms with Crippen LogP contribution >= 0.6 is 24.0 Å². The average Bonchev–Trinajstić information content (AvgIpc) is 2.92. The summed E-state index contributed by atoms with van der Waals surface area (Å²) in [5.74, 6) is -0.289. The van der Waals surface area contributed by atoms with Crippen LogP contribution in [0.4, 0.5) is 17.1 Å².